The van der Waals surface area contributed by atoms with Crippen molar-refractivity contribution >= 4 is 39.2 Å². The molecule has 1 N–H and O–H groups in total. The van der Waals surface area contributed by atoms with Crippen molar-refractivity contribution in [2.45, 2.75) is 6.18 Å². The van der Waals surface area contributed by atoms with Gasteiger partial charge in [0.15, 0.2) is 0 Å². The molecule has 124 valence electrons. The molecule has 23 heavy (non-hydrogen) atoms. The number of halogens is 4. The van der Waals surface area contributed by atoms with Gasteiger partial charge < -0.3 is 5.11 Å². The Morgan fingerprint density at radius 2 is 2.00 bits per heavy atom. The number of carboxylic acids is 1. The van der Waals surface area contributed by atoms with Gasteiger partial charge >= 0.3 is 18.1 Å². The number of anilines is 1. The summed E-state index contributed by atoms with van der Waals surface area (Å²) in [6.45, 7) is 2.54. The van der Waals surface area contributed by atoms with Gasteiger partial charge in [-0.3, -0.25) is 19.8 Å². The summed E-state index contributed by atoms with van der Waals surface area (Å²) < 4.78 is 37.7. The SMILES string of the molecule is C=CCN(C(=O)C(F)(F)F)c1c(Br)cc(C(=O)O)cc1[N+](=O)[O-]. The number of alkyl halides is 3. The van der Waals surface area contributed by atoms with Crippen molar-refractivity contribution in [3.63, 3.8) is 0 Å². The molecule has 0 bridgehead atoms. The molecule has 0 aliphatic rings. The fourth-order valence-electron chi connectivity index (χ4n) is 1.67. The minimum atomic E-state index is -5.28. The van der Waals surface area contributed by atoms with Crippen LogP contribution < -0.4 is 4.90 Å². The van der Waals surface area contributed by atoms with Gasteiger partial charge in [-0.1, -0.05) is 6.08 Å². The van der Waals surface area contributed by atoms with E-state index in [0.717, 1.165) is 12.1 Å². The van der Waals surface area contributed by atoms with E-state index >= 15 is 0 Å². The molecule has 0 heterocycles. The van der Waals surface area contributed by atoms with E-state index in [2.05, 4.69) is 22.5 Å². The summed E-state index contributed by atoms with van der Waals surface area (Å²) in [5.41, 5.74) is -2.19. The Hall–Kier alpha value is -2.43. The van der Waals surface area contributed by atoms with Gasteiger partial charge in [0.25, 0.3) is 5.69 Å². The minimum Gasteiger partial charge on any atom is -0.478 e. The van der Waals surface area contributed by atoms with Crippen molar-refractivity contribution in [2.24, 2.45) is 0 Å². The van der Waals surface area contributed by atoms with E-state index in [0.29, 0.717) is 6.07 Å². The first kappa shape index (κ1) is 18.6. The van der Waals surface area contributed by atoms with Crippen LogP contribution in [0.25, 0.3) is 0 Å². The third-order valence-corrected chi connectivity index (χ3v) is 3.16. The van der Waals surface area contributed by atoms with Crippen LogP contribution in [0.15, 0.2) is 29.3 Å². The molecule has 0 unspecified atom stereocenters. The zero-order valence-corrected chi connectivity index (χ0v) is 12.7. The maximum absolute atomic E-state index is 12.7. The molecule has 1 aromatic carbocycles. The van der Waals surface area contributed by atoms with Gasteiger partial charge in [0.05, 0.1) is 10.5 Å². The van der Waals surface area contributed by atoms with Gasteiger partial charge in [0, 0.05) is 17.1 Å². The summed E-state index contributed by atoms with van der Waals surface area (Å²) in [5.74, 6) is -3.86. The first-order chi connectivity index (χ1) is 10.5. The average Bonchev–Trinajstić information content (AvgIpc) is 2.42. The van der Waals surface area contributed by atoms with E-state index in [1.807, 2.05) is 0 Å². The number of aromatic carboxylic acids is 1. The average molecular weight is 397 g/mol. The summed E-state index contributed by atoms with van der Waals surface area (Å²) in [5, 5.41) is 19.9. The summed E-state index contributed by atoms with van der Waals surface area (Å²) >= 11 is 2.78. The standard InChI is InChI=1S/C12H8BrF3N2O5/c1-2-3-17(11(21)12(14,15)16)9-7(13)4-6(10(19)20)5-8(9)18(22)23/h2,4-5H,1,3H2,(H,19,20). The second-order valence-corrected chi connectivity index (χ2v) is 4.94. The van der Waals surface area contributed by atoms with Crippen LogP contribution in [0.5, 0.6) is 0 Å². The van der Waals surface area contributed by atoms with Crippen LogP contribution in [0.1, 0.15) is 10.4 Å². The number of nitro groups is 1. The lowest BCUT2D eigenvalue weighted by atomic mass is 10.1. The molecule has 7 nitrogen and oxygen atoms in total. The van der Waals surface area contributed by atoms with Gasteiger partial charge in [0.1, 0.15) is 5.69 Å². The van der Waals surface area contributed by atoms with Gasteiger partial charge in [-0.25, -0.2) is 4.79 Å². The lowest BCUT2D eigenvalue weighted by molar-refractivity contribution is -0.384. The van der Waals surface area contributed by atoms with Crippen LogP contribution in [-0.2, 0) is 4.79 Å². The van der Waals surface area contributed by atoms with Crippen LogP contribution in [0.4, 0.5) is 24.5 Å². The number of benzene rings is 1. The van der Waals surface area contributed by atoms with Crippen molar-refractivity contribution in [1.82, 2.24) is 0 Å². The fraction of sp³-hybridized carbons (Fsp3) is 0.167. The molecule has 0 atom stereocenters. The molecule has 0 radical (unpaired) electrons. The number of amides is 1. The van der Waals surface area contributed by atoms with E-state index in [9.17, 15) is 32.9 Å². The molecule has 11 heteroatoms. The number of nitro benzene ring substituents is 1. The highest BCUT2D eigenvalue weighted by molar-refractivity contribution is 9.10. The van der Waals surface area contributed by atoms with Gasteiger partial charge in [-0.15, -0.1) is 6.58 Å². The Bertz CT molecular complexity index is 690. The molecular weight excluding hydrogens is 389 g/mol. The molecular formula is C12H8BrF3N2O5. The van der Waals surface area contributed by atoms with Crippen molar-refractivity contribution in [2.75, 3.05) is 11.4 Å². The fourth-order valence-corrected chi connectivity index (χ4v) is 2.34. The molecule has 0 saturated heterocycles. The second-order valence-electron chi connectivity index (χ2n) is 4.09. The lowest BCUT2D eigenvalue weighted by Crippen LogP contribution is -2.41. The van der Waals surface area contributed by atoms with Crippen molar-refractivity contribution in [3.8, 4) is 0 Å². The van der Waals surface area contributed by atoms with Crippen molar-refractivity contribution in [3.05, 3.63) is 44.9 Å². The largest absolute Gasteiger partial charge is 0.478 e. The van der Waals surface area contributed by atoms with Crippen LogP contribution in [-0.4, -0.2) is 34.6 Å². The molecule has 1 rings (SSSR count). The van der Waals surface area contributed by atoms with E-state index < -0.39 is 46.5 Å². The Balaban J connectivity index is 3.65. The van der Waals surface area contributed by atoms with E-state index in [4.69, 9.17) is 5.11 Å². The molecule has 0 fully saturated rings. The number of carbonyl (C=O) groups excluding carboxylic acids is 1. The Kier molecular flexibility index (Phi) is 5.48. The monoisotopic (exact) mass is 396 g/mol. The summed E-state index contributed by atoms with van der Waals surface area (Å²) in [7, 11) is 0. The molecule has 0 aromatic heterocycles. The van der Waals surface area contributed by atoms with Crippen LogP contribution >= 0.6 is 15.9 Å². The Morgan fingerprint density at radius 3 is 2.39 bits per heavy atom. The first-order valence-electron chi connectivity index (χ1n) is 5.71. The van der Waals surface area contributed by atoms with Crippen molar-refractivity contribution in [1.29, 1.82) is 0 Å². The first-order valence-corrected chi connectivity index (χ1v) is 6.50. The number of carbonyl (C=O) groups is 2. The molecule has 0 saturated carbocycles. The smallest absolute Gasteiger partial charge is 0.471 e. The summed E-state index contributed by atoms with van der Waals surface area (Å²) in [6, 6.07) is 1.44. The zero-order valence-electron chi connectivity index (χ0n) is 11.1. The molecule has 0 aliphatic heterocycles. The zero-order chi connectivity index (χ0) is 17.9. The van der Waals surface area contributed by atoms with Crippen LogP contribution in [0.3, 0.4) is 0 Å². The lowest BCUT2D eigenvalue weighted by Gasteiger charge is -2.23. The third kappa shape index (κ3) is 4.06. The normalized spacial score (nSPS) is 11.0. The van der Waals surface area contributed by atoms with E-state index in [-0.39, 0.29) is 9.37 Å². The van der Waals surface area contributed by atoms with Gasteiger partial charge in [-0.05, 0) is 22.0 Å². The number of hydrogen-bond acceptors (Lipinski definition) is 4. The number of rotatable bonds is 5. The van der Waals surface area contributed by atoms with Gasteiger partial charge in [0.2, 0.25) is 0 Å². The molecule has 1 amide bonds. The maximum Gasteiger partial charge on any atom is 0.471 e. The quantitative estimate of drug-likeness (QED) is 0.468. The Labute approximate surface area is 135 Å². The predicted octanol–water partition coefficient (Wildman–Crippen LogP) is 3.14. The summed E-state index contributed by atoms with van der Waals surface area (Å²) in [6.07, 6.45) is -4.33. The minimum absolute atomic E-state index is 0.0981. The third-order valence-electron chi connectivity index (χ3n) is 2.56. The van der Waals surface area contributed by atoms with Crippen LogP contribution in [0.2, 0.25) is 0 Å². The molecule has 0 aliphatic carbocycles. The van der Waals surface area contributed by atoms with E-state index in [1.54, 1.807) is 0 Å². The van der Waals surface area contributed by atoms with Crippen LogP contribution in [0, 0.1) is 10.1 Å². The highest BCUT2D eigenvalue weighted by Gasteiger charge is 2.45. The highest BCUT2D eigenvalue weighted by Crippen LogP contribution is 2.39. The Morgan fingerprint density at radius 1 is 1.43 bits per heavy atom. The van der Waals surface area contributed by atoms with Crippen molar-refractivity contribution < 1.29 is 32.8 Å². The predicted molar refractivity (Wildman–Crippen MR) is 76.4 cm³/mol. The topological polar surface area (TPSA) is 101 Å². The number of carboxylic acid groups (broad SMARTS) is 1. The number of nitrogens with zero attached hydrogens (tertiary/aromatic N) is 2. The second kappa shape index (κ2) is 6.77. The number of hydrogen-bond donors (Lipinski definition) is 1. The molecule has 1 aromatic rings. The molecule has 0 spiro atoms. The van der Waals surface area contributed by atoms with E-state index in [1.165, 1.54) is 0 Å². The highest BCUT2D eigenvalue weighted by atomic mass is 79.9. The van der Waals surface area contributed by atoms with Gasteiger partial charge in [-0.2, -0.15) is 13.2 Å². The maximum atomic E-state index is 12.7. The summed E-state index contributed by atoms with van der Waals surface area (Å²) in [4.78, 5) is 32.5.